The van der Waals surface area contributed by atoms with E-state index in [1.807, 2.05) is 13.0 Å². The maximum Gasteiger partial charge on any atom is 0.319 e. The Kier molecular flexibility index (Phi) is 4.90. The van der Waals surface area contributed by atoms with Gasteiger partial charge in [-0.2, -0.15) is 0 Å². The summed E-state index contributed by atoms with van der Waals surface area (Å²) in [4.78, 5) is 25.7. The third-order valence-electron chi connectivity index (χ3n) is 4.01. The molecule has 1 saturated heterocycles. The van der Waals surface area contributed by atoms with Crippen LogP contribution in [-0.4, -0.2) is 24.5 Å². The molecule has 1 heterocycles. The molecule has 1 aliphatic heterocycles. The van der Waals surface area contributed by atoms with E-state index in [4.69, 9.17) is 11.6 Å². The second kappa shape index (κ2) is 7.11. The van der Waals surface area contributed by atoms with Crippen LogP contribution in [-0.2, 0) is 4.79 Å². The molecule has 0 spiro atoms. The molecule has 3 amide bonds. The minimum Gasteiger partial charge on any atom is -0.333 e. The Hall–Kier alpha value is -2.60. The van der Waals surface area contributed by atoms with Crippen LogP contribution in [0.5, 0.6) is 0 Å². The second-order valence-electron chi connectivity index (χ2n) is 5.95. The number of nitrogens with one attached hydrogen (secondary N) is 2. The van der Waals surface area contributed by atoms with Crippen molar-refractivity contribution in [2.75, 3.05) is 16.8 Å². The van der Waals surface area contributed by atoms with Gasteiger partial charge in [-0.15, -0.1) is 0 Å². The smallest absolute Gasteiger partial charge is 0.319 e. The van der Waals surface area contributed by atoms with Crippen molar-refractivity contribution in [1.29, 1.82) is 0 Å². The highest BCUT2D eigenvalue weighted by atomic mass is 35.5. The average molecular weight is 362 g/mol. The predicted octanol–water partition coefficient (Wildman–Crippen LogP) is 3.71. The van der Waals surface area contributed by atoms with Crippen LogP contribution in [0.1, 0.15) is 12.0 Å². The number of halogens is 2. The molecule has 0 bridgehead atoms. The van der Waals surface area contributed by atoms with E-state index in [1.165, 1.54) is 17.0 Å². The van der Waals surface area contributed by atoms with E-state index in [0.717, 1.165) is 5.56 Å². The van der Waals surface area contributed by atoms with Gasteiger partial charge in [0.15, 0.2) is 0 Å². The third kappa shape index (κ3) is 4.09. The van der Waals surface area contributed by atoms with E-state index < -0.39 is 11.8 Å². The molecule has 1 fully saturated rings. The molecule has 0 unspecified atom stereocenters. The lowest BCUT2D eigenvalue weighted by molar-refractivity contribution is -0.117. The van der Waals surface area contributed by atoms with Crippen molar-refractivity contribution >= 4 is 34.9 Å². The zero-order valence-electron chi connectivity index (χ0n) is 13.6. The van der Waals surface area contributed by atoms with E-state index in [0.29, 0.717) is 22.9 Å². The minimum absolute atomic E-state index is 0.158. The summed E-state index contributed by atoms with van der Waals surface area (Å²) in [6, 6.07) is 10.3. The van der Waals surface area contributed by atoms with E-state index in [9.17, 15) is 14.0 Å². The highest BCUT2D eigenvalue weighted by molar-refractivity contribution is 6.31. The Morgan fingerprint density at radius 1 is 1.28 bits per heavy atom. The number of rotatable bonds is 3. The summed E-state index contributed by atoms with van der Waals surface area (Å²) in [5.74, 6) is -0.565. The molecule has 5 nitrogen and oxygen atoms in total. The molecule has 7 heteroatoms. The number of urea groups is 1. The summed E-state index contributed by atoms with van der Waals surface area (Å²) >= 11 is 6.03. The van der Waals surface area contributed by atoms with E-state index >= 15 is 0 Å². The van der Waals surface area contributed by atoms with Gasteiger partial charge in [-0.3, -0.25) is 4.79 Å². The number of nitrogens with zero attached hydrogens (tertiary/aromatic N) is 1. The van der Waals surface area contributed by atoms with Gasteiger partial charge in [-0.05, 0) is 42.8 Å². The highest BCUT2D eigenvalue weighted by Crippen LogP contribution is 2.23. The van der Waals surface area contributed by atoms with Gasteiger partial charge in [0.2, 0.25) is 5.91 Å². The number of carbonyl (C=O) groups is 2. The maximum absolute atomic E-state index is 13.3. The number of aryl methyl sites for hydroxylation is 1. The van der Waals surface area contributed by atoms with Crippen molar-refractivity contribution in [3.63, 3.8) is 0 Å². The summed E-state index contributed by atoms with van der Waals surface area (Å²) in [6.45, 7) is 2.17. The van der Waals surface area contributed by atoms with Crippen molar-refractivity contribution < 1.29 is 14.0 Å². The highest BCUT2D eigenvalue weighted by Gasteiger charge is 2.31. The van der Waals surface area contributed by atoms with Crippen molar-refractivity contribution in [3.05, 3.63) is 58.9 Å². The van der Waals surface area contributed by atoms with Crippen LogP contribution in [0, 0.1) is 12.7 Å². The van der Waals surface area contributed by atoms with Gasteiger partial charge in [0.1, 0.15) is 5.82 Å². The van der Waals surface area contributed by atoms with Crippen LogP contribution in [0.2, 0.25) is 5.02 Å². The van der Waals surface area contributed by atoms with Gasteiger partial charge in [-0.25, -0.2) is 9.18 Å². The largest absolute Gasteiger partial charge is 0.333 e. The van der Waals surface area contributed by atoms with Crippen LogP contribution in [0.25, 0.3) is 0 Å². The molecule has 0 radical (unpaired) electrons. The quantitative estimate of drug-likeness (QED) is 0.875. The molecule has 2 N–H and O–H groups in total. The lowest BCUT2D eigenvalue weighted by Crippen LogP contribution is -2.39. The van der Waals surface area contributed by atoms with Gasteiger partial charge in [-0.1, -0.05) is 23.7 Å². The summed E-state index contributed by atoms with van der Waals surface area (Å²) in [5, 5.41) is 6.01. The molecule has 3 rings (SSSR count). The molecule has 0 aliphatic carbocycles. The summed E-state index contributed by atoms with van der Waals surface area (Å²) < 4.78 is 13.3. The zero-order valence-corrected chi connectivity index (χ0v) is 14.3. The Labute approximate surface area is 149 Å². The van der Waals surface area contributed by atoms with Gasteiger partial charge in [0.05, 0.1) is 6.04 Å². The molecule has 0 aromatic heterocycles. The number of amides is 3. The van der Waals surface area contributed by atoms with Crippen LogP contribution in [0.4, 0.5) is 20.6 Å². The molecule has 2 aromatic rings. The zero-order chi connectivity index (χ0) is 18.0. The van der Waals surface area contributed by atoms with Gasteiger partial charge in [0, 0.05) is 29.4 Å². The fraction of sp³-hybridized carbons (Fsp3) is 0.222. The Morgan fingerprint density at radius 2 is 2.08 bits per heavy atom. The first-order valence-corrected chi connectivity index (χ1v) is 8.20. The Bertz CT molecular complexity index is 828. The lowest BCUT2D eigenvalue weighted by atomic mass is 10.2. The normalized spacial score (nSPS) is 16.8. The first-order valence-electron chi connectivity index (χ1n) is 7.82. The molecular weight excluding hydrogens is 345 g/mol. The van der Waals surface area contributed by atoms with Crippen molar-refractivity contribution in [2.45, 2.75) is 19.4 Å². The van der Waals surface area contributed by atoms with Gasteiger partial charge in [0.25, 0.3) is 0 Å². The average Bonchev–Trinajstić information content (AvgIpc) is 2.91. The molecule has 0 saturated carbocycles. The van der Waals surface area contributed by atoms with Crippen LogP contribution >= 0.6 is 11.6 Å². The number of carbonyl (C=O) groups excluding carboxylic acids is 2. The minimum atomic E-state index is -0.418. The van der Waals surface area contributed by atoms with E-state index in [-0.39, 0.29) is 18.4 Å². The molecule has 130 valence electrons. The molecule has 1 atom stereocenters. The number of hydrogen-bond acceptors (Lipinski definition) is 2. The summed E-state index contributed by atoms with van der Waals surface area (Å²) in [6.07, 6.45) is 0.165. The number of anilines is 2. The number of hydrogen-bond donors (Lipinski definition) is 2. The Morgan fingerprint density at radius 3 is 2.80 bits per heavy atom. The van der Waals surface area contributed by atoms with Gasteiger partial charge < -0.3 is 15.5 Å². The summed E-state index contributed by atoms with van der Waals surface area (Å²) in [7, 11) is 0. The number of benzene rings is 2. The SMILES string of the molecule is Cc1ccc(NC(=O)N[C@H]2CC(=O)N(c3cccc(F)c3)C2)cc1Cl. The monoisotopic (exact) mass is 361 g/mol. The topological polar surface area (TPSA) is 61.4 Å². The van der Waals surface area contributed by atoms with Crippen molar-refractivity contribution in [2.24, 2.45) is 0 Å². The summed E-state index contributed by atoms with van der Waals surface area (Å²) in [5.41, 5.74) is 1.97. The standard InChI is InChI=1S/C18H17ClFN3O2/c1-11-5-6-13(8-16(11)19)21-18(25)22-14-9-17(24)23(10-14)15-4-2-3-12(20)7-15/h2-8,14H,9-10H2,1H3,(H2,21,22,25)/t14-/m0/s1. The first-order chi connectivity index (χ1) is 11.9. The first kappa shape index (κ1) is 17.2. The van der Waals surface area contributed by atoms with E-state index in [1.54, 1.807) is 24.3 Å². The second-order valence-corrected chi connectivity index (χ2v) is 6.35. The molecule has 25 heavy (non-hydrogen) atoms. The Balaban J connectivity index is 1.61. The molecule has 1 aliphatic rings. The van der Waals surface area contributed by atoms with Crippen LogP contribution in [0.3, 0.4) is 0 Å². The predicted molar refractivity (Wildman–Crippen MR) is 95.5 cm³/mol. The maximum atomic E-state index is 13.3. The van der Waals surface area contributed by atoms with Crippen molar-refractivity contribution in [1.82, 2.24) is 5.32 Å². The fourth-order valence-corrected chi connectivity index (χ4v) is 2.90. The van der Waals surface area contributed by atoms with E-state index in [2.05, 4.69) is 10.6 Å². The van der Waals surface area contributed by atoms with Gasteiger partial charge >= 0.3 is 6.03 Å². The van der Waals surface area contributed by atoms with Crippen LogP contribution < -0.4 is 15.5 Å². The van der Waals surface area contributed by atoms with Crippen LogP contribution in [0.15, 0.2) is 42.5 Å². The molecule has 2 aromatic carbocycles. The third-order valence-corrected chi connectivity index (χ3v) is 4.42. The van der Waals surface area contributed by atoms with Crippen molar-refractivity contribution in [3.8, 4) is 0 Å². The molecular formula is C18H17ClFN3O2. The fourth-order valence-electron chi connectivity index (χ4n) is 2.72. The lowest BCUT2D eigenvalue weighted by Gasteiger charge is -2.17.